The molecular weight excluding hydrogens is 311 g/mol. The molecule has 1 rings (SSSR count). The molecule has 0 spiro atoms. The summed E-state index contributed by atoms with van der Waals surface area (Å²) in [4.78, 5) is 11.3. The minimum atomic E-state index is -4.44. The van der Waals surface area contributed by atoms with E-state index in [9.17, 15) is 31.9 Å². The summed E-state index contributed by atoms with van der Waals surface area (Å²) in [7, 11) is 0. The van der Waals surface area contributed by atoms with E-state index in [1.54, 1.807) is 0 Å². The molecule has 0 radical (unpaired) electrons. The molecule has 0 aliphatic heterocycles. The second-order valence-corrected chi connectivity index (χ2v) is 4.89. The third-order valence-corrected chi connectivity index (χ3v) is 2.75. The van der Waals surface area contributed by atoms with Crippen LogP contribution in [0.5, 0.6) is 0 Å². The monoisotopic (exact) mass is 326 g/mol. The molecule has 0 aromatic heterocycles. The van der Waals surface area contributed by atoms with Gasteiger partial charge in [-0.05, 0) is 13.0 Å². The van der Waals surface area contributed by atoms with Gasteiger partial charge in [0, 0.05) is 11.6 Å². The molecule has 1 aromatic rings. The number of benzene rings is 1. The van der Waals surface area contributed by atoms with Crippen LogP contribution in [-0.4, -0.2) is 36.8 Å². The van der Waals surface area contributed by atoms with Crippen molar-refractivity contribution in [3.05, 3.63) is 35.4 Å². The van der Waals surface area contributed by atoms with E-state index in [1.165, 1.54) is 6.92 Å². The number of carbonyl (C=O) groups is 1. The van der Waals surface area contributed by atoms with E-state index in [1.807, 2.05) is 5.32 Å². The number of amides is 1. The van der Waals surface area contributed by atoms with Gasteiger partial charge in [-0.25, -0.2) is 8.78 Å². The van der Waals surface area contributed by atoms with Gasteiger partial charge in [0.1, 0.15) is 17.2 Å². The number of carbonyl (C=O) groups excluding carboxylic acids is 1. The summed E-state index contributed by atoms with van der Waals surface area (Å²) in [5, 5.41) is 14.1. The summed E-state index contributed by atoms with van der Waals surface area (Å²) in [5.41, 5.74) is -2.07. The average molecular weight is 326 g/mol. The van der Waals surface area contributed by atoms with Crippen LogP contribution in [0, 0.1) is 11.6 Å². The Morgan fingerprint density at radius 1 is 1.23 bits per heavy atom. The number of alkyl halides is 3. The lowest BCUT2D eigenvalue weighted by atomic mass is 9.95. The van der Waals surface area contributed by atoms with Crippen LogP contribution in [0.2, 0.25) is 0 Å². The normalized spacial score (nSPS) is 14.5. The molecule has 22 heavy (non-hydrogen) atoms. The maximum atomic E-state index is 13.6. The standard InChI is InChI=1S/C13H15F5N2O2/c1-12(22,9-3-2-8(14)4-10(9)15)6-20-11(21)5-19-7-13(16,17)18/h2-4,19,22H,5-7H2,1H3,(H,20,21). The highest BCUT2D eigenvalue weighted by atomic mass is 19.4. The van der Waals surface area contributed by atoms with Crippen LogP contribution in [0.15, 0.2) is 18.2 Å². The fourth-order valence-electron chi connectivity index (χ4n) is 1.67. The minimum Gasteiger partial charge on any atom is -0.383 e. The van der Waals surface area contributed by atoms with Crippen LogP contribution in [0.3, 0.4) is 0 Å². The number of halogens is 5. The van der Waals surface area contributed by atoms with Crippen molar-refractivity contribution in [3.8, 4) is 0 Å². The smallest absolute Gasteiger partial charge is 0.383 e. The van der Waals surface area contributed by atoms with E-state index in [2.05, 4.69) is 5.32 Å². The van der Waals surface area contributed by atoms with Gasteiger partial charge in [0.2, 0.25) is 5.91 Å². The zero-order chi connectivity index (χ0) is 17.0. The van der Waals surface area contributed by atoms with Crippen molar-refractivity contribution in [2.75, 3.05) is 19.6 Å². The zero-order valence-electron chi connectivity index (χ0n) is 11.6. The Hall–Kier alpha value is -1.74. The zero-order valence-corrected chi connectivity index (χ0v) is 11.6. The first-order valence-electron chi connectivity index (χ1n) is 6.23. The average Bonchev–Trinajstić information content (AvgIpc) is 2.34. The van der Waals surface area contributed by atoms with Crippen molar-refractivity contribution in [1.82, 2.24) is 10.6 Å². The molecule has 0 saturated carbocycles. The van der Waals surface area contributed by atoms with Gasteiger partial charge in [-0.2, -0.15) is 13.2 Å². The quantitative estimate of drug-likeness (QED) is 0.693. The number of rotatable bonds is 6. The predicted octanol–water partition coefficient (Wildman–Crippen LogP) is 1.44. The first-order chi connectivity index (χ1) is 10.0. The highest BCUT2D eigenvalue weighted by Gasteiger charge is 2.28. The van der Waals surface area contributed by atoms with E-state index in [-0.39, 0.29) is 5.56 Å². The molecule has 1 amide bonds. The van der Waals surface area contributed by atoms with Crippen LogP contribution in [-0.2, 0) is 10.4 Å². The number of aliphatic hydroxyl groups is 1. The van der Waals surface area contributed by atoms with Crippen molar-refractivity contribution in [3.63, 3.8) is 0 Å². The first-order valence-corrected chi connectivity index (χ1v) is 6.23. The van der Waals surface area contributed by atoms with Crippen molar-refractivity contribution in [1.29, 1.82) is 0 Å². The maximum absolute atomic E-state index is 13.6. The molecule has 4 nitrogen and oxygen atoms in total. The van der Waals surface area contributed by atoms with E-state index in [4.69, 9.17) is 0 Å². The lowest BCUT2D eigenvalue weighted by Crippen LogP contribution is -2.43. The minimum absolute atomic E-state index is 0.238. The van der Waals surface area contributed by atoms with Crippen LogP contribution < -0.4 is 10.6 Å². The topological polar surface area (TPSA) is 61.4 Å². The largest absolute Gasteiger partial charge is 0.401 e. The van der Waals surface area contributed by atoms with Gasteiger partial charge in [0.05, 0.1) is 19.6 Å². The van der Waals surface area contributed by atoms with Gasteiger partial charge in [-0.1, -0.05) is 6.07 Å². The van der Waals surface area contributed by atoms with Crippen LogP contribution in [0.4, 0.5) is 22.0 Å². The summed E-state index contributed by atoms with van der Waals surface area (Å²) in [6, 6.07) is 2.55. The third kappa shape index (κ3) is 5.94. The maximum Gasteiger partial charge on any atom is 0.401 e. The fraction of sp³-hybridized carbons (Fsp3) is 0.462. The Bertz CT molecular complexity index is 532. The summed E-state index contributed by atoms with van der Waals surface area (Å²) in [5.74, 6) is -2.61. The van der Waals surface area contributed by atoms with Gasteiger partial charge < -0.3 is 15.7 Å². The number of nitrogens with one attached hydrogen (secondary N) is 2. The van der Waals surface area contributed by atoms with Crippen LogP contribution in [0.1, 0.15) is 12.5 Å². The van der Waals surface area contributed by atoms with Gasteiger partial charge in [0.25, 0.3) is 0 Å². The van der Waals surface area contributed by atoms with E-state index in [0.29, 0.717) is 6.07 Å². The molecule has 0 aliphatic rings. The Morgan fingerprint density at radius 3 is 2.41 bits per heavy atom. The van der Waals surface area contributed by atoms with Gasteiger partial charge in [0.15, 0.2) is 0 Å². The molecule has 124 valence electrons. The lowest BCUT2D eigenvalue weighted by molar-refractivity contribution is -0.129. The molecule has 0 bridgehead atoms. The highest BCUT2D eigenvalue weighted by Crippen LogP contribution is 2.23. The van der Waals surface area contributed by atoms with Gasteiger partial charge >= 0.3 is 6.18 Å². The van der Waals surface area contributed by atoms with Crippen LogP contribution in [0.25, 0.3) is 0 Å². The summed E-state index contributed by atoms with van der Waals surface area (Å²) >= 11 is 0. The summed E-state index contributed by atoms with van der Waals surface area (Å²) in [6.45, 7) is -1.19. The Balaban J connectivity index is 2.53. The molecule has 1 unspecified atom stereocenters. The second-order valence-electron chi connectivity index (χ2n) is 4.89. The number of hydrogen-bond acceptors (Lipinski definition) is 3. The molecule has 3 N–H and O–H groups in total. The molecule has 0 heterocycles. The molecule has 1 aromatic carbocycles. The summed E-state index contributed by atoms with van der Waals surface area (Å²) in [6.07, 6.45) is -4.44. The first kappa shape index (κ1) is 18.3. The Kier molecular flexibility index (Phi) is 5.84. The molecule has 0 saturated heterocycles. The molecule has 0 aliphatic carbocycles. The van der Waals surface area contributed by atoms with Crippen molar-refractivity contribution in [2.45, 2.75) is 18.7 Å². The number of hydrogen-bond donors (Lipinski definition) is 3. The molecule has 9 heteroatoms. The lowest BCUT2D eigenvalue weighted by Gasteiger charge is -2.24. The van der Waals surface area contributed by atoms with Crippen molar-refractivity contribution >= 4 is 5.91 Å². The summed E-state index contributed by atoms with van der Waals surface area (Å²) < 4.78 is 62.0. The Labute approximate surface area is 123 Å². The van der Waals surface area contributed by atoms with Crippen LogP contribution >= 0.6 is 0 Å². The molecule has 1 atom stereocenters. The highest BCUT2D eigenvalue weighted by molar-refractivity contribution is 5.78. The fourth-order valence-corrected chi connectivity index (χ4v) is 1.67. The third-order valence-electron chi connectivity index (χ3n) is 2.75. The van der Waals surface area contributed by atoms with E-state index >= 15 is 0 Å². The van der Waals surface area contributed by atoms with Gasteiger partial charge in [-0.15, -0.1) is 0 Å². The van der Waals surface area contributed by atoms with E-state index < -0.39 is 49.0 Å². The molecular formula is C13H15F5N2O2. The van der Waals surface area contributed by atoms with E-state index in [0.717, 1.165) is 12.1 Å². The van der Waals surface area contributed by atoms with Crippen molar-refractivity contribution < 1.29 is 31.9 Å². The molecule has 0 fully saturated rings. The SMILES string of the molecule is CC(O)(CNC(=O)CNCC(F)(F)F)c1ccc(F)cc1F. The van der Waals surface area contributed by atoms with Crippen molar-refractivity contribution in [2.24, 2.45) is 0 Å². The predicted molar refractivity (Wildman–Crippen MR) is 67.9 cm³/mol. The van der Waals surface area contributed by atoms with Gasteiger partial charge in [-0.3, -0.25) is 4.79 Å². The Morgan fingerprint density at radius 2 is 1.86 bits per heavy atom. The second kappa shape index (κ2) is 7.01.